The Morgan fingerprint density at radius 1 is 1.39 bits per heavy atom. The minimum atomic E-state index is -0.0290. The van der Waals surface area contributed by atoms with Gasteiger partial charge in [-0.1, -0.05) is 37.6 Å². The molecule has 3 heteroatoms. The Labute approximate surface area is 109 Å². The Hall–Kier alpha value is -1.35. The molecule has 3 nitrogen and oxygen atoms in total. The van der Waals surface area contributed by atoms with Gasteiger partial charge in [0.15, 0.2) is 0 Å². The van der Waals surface area contributed by atoms with Crippen LogP contribution in [0.4, 0.5) is 0 Å². The van der Waals surface area contributed by atoms with Gasteiger partial charge in [-0.2, -0.15) is 0 Å². The van der Waals surface area contributed by atoms with Crippen molar-refractivity contribution in [3.05, 3.63) is 35.4 Å². The summed E-state index contributed by atoms with van der Waals surface area (Å²) in [7, 11) is 0. The van der Waals surface area contributed by atoms with Crippen molar-refractivity contribution in [1.29, 1.82) is 0 Å². The Bertz CT molecular complexity index is 392. The molecule has 0 fully saturated rings. The van der Waals surface area contributed by atoms with Crippen LogP contribution in [0, 0.1) is 5.92 Å². The summed E-state index contributed by atoms with van der Waals surface area (Å²) in [5, 5.41) is 3.14. The minimum Gasteiger partial charge on any atom is -0.352 e. The van der Waals surface area contributed by atoms with E-state index in [-0.39, 0.29) is 17.9 Å². The molecule has 1 aromatic rings. The van der Waals surface area contributed by atoms with Gasteiger partial charge in [-0.3, -0.25) is 4.79 Å². The van der Waals surface area contributed by atoms with E-state index in [4.69, 9.17) is 5.73 Å². The molecule has 0 saturated carbocycles. The number of rotatable bonds is 5. The molecule has 0 aromatic heterocycles. The molecule has 1 amide bonds. The molecule has 0 aliphatic heterocycles. The highest BCUT2D eigenvalue weighted by Crippen LogP contribution is 2.22. The number of carbonyl (C=O) groups is 1. The van der Waals surface area contributed by atoms with Gasteiger partial charge in [0.05, 0.1) is 5.92 Å². The summed E-state index contributed by atoms with van der Waals surface area (Å²) in [5.41, 5.74) is 8.38. The molecule has 0 bridgehead atoms. The van der Waals surface area contributed by atoms with E-state index in [0.717, 1.165) is 25.7 Å². The second-order valence-corrected chi connectivity index (χ2v) is 5.10. The van der Waals surface area contributed by atoms with Crippen molar-refractivity contribution in [2.45, 2.75) is 38.6 Å². The van der Waals surface area contributed by atoms with Gasteiger partial charge in [0.1, 0.15) is 0 Å². The highest BCUT2D eigenvalue weighted by atomic mass is 16.1. The molecular formula is C15H22N2O. The van der Waals surface area contributed by atoms with Crippen molar-refractivity contribution in [3.8, 4) is 0 Å². The molecule has 3 N–H and O–H groups in total. The van der Waals surface area contributed by atoms with Gasteiger partial charge < -0.3 is 11.1 Å². The molecule has 1 aliphatic rings. The first kappa shape index (κ1) is 13.1. The molecule has 1 aromatic carbocycles. The van der Waals surface area contributed by atoms with E-state index in [2.05, 4.69) is 36.5 Å². The highest BCUT2D eigenvalue weighted by molar-refractivity contribution is 5.79. The SMILES string of the molecule is CCCC(CN)C(=O)NC1Cc2ccccc2C1. The maximum Gasteiger partial charge on any atom is 0.224 e. The summed E-state index contributed by atoms with van der Waals surface area (Å²) < 4.78 is 0. The minimum absolute atomic E-state index is 0.0290. The van der Waals surface area contributed by atoms with Crippen LogP contribution in [0.2, 0.25) is 0 Å². The zero-order chi connectivity index (χ0) is 13.0. The summed E-state index contributed by atoms with van der Waals surface area (Å²) in [5.74, 6) is 0.0934. The van der Waals surface area contributed by atoms with Gasteiger partial charge in [0.2, 0.25) is 5.91 Å². The van der Waals surface area contributed by atoms with E-state index >= 15 is 0 Å². The lowest BCUT2D eigenvalue weighted by atomic mass is 10.0. The predicted octanol–water partition coefficient (Wildman–Crippen LogP) is 1.65. The zero-order valence-electron chi connectivity index (χ0n) is 11.0. The van der Waals surface area contributed by atoms with Crippen molar-refractivity contribution in [2.75, 3.05) is 6.54 Å². The molecule has 1 atom stereocenters. The van der Waals surface area contributed by atoms with Crippen LogP contribution in [0.25, 0.3) is 0 Å². The molecule has 98 valence electrons. The Kier molecular flexibility index (Phi) is 4.37. The fourth-order valence-corrected chi connectivity index (χ4v) is 2.68. The smallest absolute Gasteiger partial charge is 0.224 e. The van der Waals surface area contributed by atoms with Crippen molar-refractivity contribution in [1.82, 2.24) is 5.32 Å². The first-order valence-electron chi connectivity index (χ1n) is 6.81. The third-order valence-corrected chi connectivity index (χ3v) is 3.69. The topological polar surface area (TPSA) is 55.1 Å². The number of nitrogens with two attached hydrogens (primary N) is 1. The third-order valence-electron chi connectivity index (χ3n) is 3.69. The fraction of sp³-hybridized carbons (Fsp3) is 0.533. The van der Waals surface area contributed by atoms with Crippen LogP contribution in [0.5, 0.6) is 0 Å². The van der Waals surface area contributed by atoms with Crippen LogP contribution in [-0.2, 0) is 17.6 Å². The first-order valence-corrected chi connectivity index (χ1v) is 6.81. The zero-order valence-corrected chi connectivity index (χ0v) is 11.0. The summed E-state index contributed by atoms with van der Waals surface area (Å²) in [6.07, 6.45) is 3.78. The second kappa shape index (κ2) is 6.01. The normalized spacial score (nSPS) is 16.3. The van der Waals surface area contributed by atoms with Crippen molar-refractivity contribution in [2.24, 2.45) is 11.7 Å². The molecule has 0 spiro atoms. The van der Waals surface area contributed by atoms with Gasteiger partial charge >= 0.3 is 0 Å². The summed E-state index contributed by atoms with van der Waals surface area (Å²) in [4.78, 5) is 12.1. The molecule has 0 saturated heterocycles. The summed E-state index contributed by atoms with van der Waals surface area (Å²) >= 11 is 0. The number of hydrogen-bond acceptors (Lipinski definition) is 2. The van der Waals surface area contributed by atoms with Crippen LogP contribution < -0.4 is 11.1 Å². The summed E-state index contributed by atoms with van der Waals surface area (Å²) in [6.45, 7) is 2.53. The monoisotopic (exact) mass is 246 g/mol. The number of hydrogen-bond donors (Lipinski definition) is 2. The fourth-order valence-electron chi connectivity index (χ4n) is 2.68. The van der Waals surface area contributed by atoms with E-state index in [1.807, 2.05) is 0 Å². The van der Waals surface area contributed by atoms with Gasteiger partial charge in [0, 0.05) is 12.6 Å². The third kappa shape index (κ3) is 2.91. The number of amides is 1. The predicted molar refractivity (Wildman–Crippen MR) is 73.2 cm³/mol. The Balaban J connectivity index is 1.91. The first-order chi connectivity index (χ1) is 8.74. The van der Waals surface area contributed by atoms with Crippen LogP contribution in [0.1, 0.15) is 30.9 Å². The molecule has 0 heterocycles. The largest absolute Gasteiger partial charge is 0.352 e. The standard InChI is InChI=1S/C15H22N2O/c1-2-5-13(10-16)15(18)17-14-8-11-6-3-4-7-12(11)9-14/h3-4,6-7,13-14H,2,5,8-10,16H2,1H3,(H,17,18). The van der Waals surface area contributed by atoms with Gasteiger partial charge in [0.25, 0.3) is 0 Å². The molecule has 1 unspecified atom stereocenters. The highest BCUT2D eigenvalue weighted by Gasteiger charge is 2.24. The lowest BCUT2D eigenvalue weighted by Crippen LogP contribution is -2.41. The molecule has 1 aliphatic carbocycles. The van der Waals surface area contributed by atoms with Gasteiger partial charge in [-0.05, 0) is 30.4 Å². The number of carbonyl (C=O) groups excluding carboxylic acids is 1. The second-order valence-electron chi connectivity index (χ2n) is 5.10. The lowest BCUT2D eigenvalue weighted by molar-refractivity contribution is -0.125. The Morgan fingerprint density at radius 3 is 2.50 bits per heavy atom. The van der Waals surface area contributed by atoms with Gasteiger partial charge in [-0.25, -0.2) is 0 Å². The van der Waals surface area contributed by atoms with E-state index in [9.17, 15) is 4.79 Å². The Morgan fingerprint density at radius 2 is 2.00 bits per heavy atom. The quantitative estimate of drug-likeness (QED) is 0.830. The lowest BCUT2D eigenvalue weighted by Gasteiger charge is -2.18. The van der Waals surface area contributed by atoms with Crippen LogP contribution in [0.3, 0.4) is 0 Å². The molecular weight excluding hydrogens is 224 g/mol. The van der Waals surface area contributed by atoms with Crippen LogP contribution in [0.15, 0.2) is 24.3 Å². The van der Waals surface area contributed by atoms with Gasteiger partial charge in [-0.15, -0.1) is 0 Å². The van der Waals surface area contributed by atoms with Crippen LogP contribution in [-0.4, -0.2) is 18.5 Å². The maximum absolute atomic E-state index is 12.1. The van der Waals surface area contributed by atoms with Crippen LogP contribution >= 0.6 is 0 Å². The maximum atomic E-state index is 12.1. The van der Waals surface area contributed by atoms with E-state index in [0.29, 0.717) is 6.54 Å². The van der Waals surface area contributed by atoms with E-state index in [1.54, 1.807) is 0 Å². The molecule has 0 radical (unpaired) electrons. The van der Waals surface area contributed by atoms with Crippen molar-refractivity contribution < 1.29 is 4.79 Å². The number of fused-ring (bicyclic) bond motifs is 1. The molecule has 2 rings (SSSR count). The number of nitrogens with one attached hydrogen (secondary N) is 1. The average Bonchev–Trinajstić information content (AvgIpc) is 2.77. The van der Waals surface area contributed by atoms with Crippen molar-refractivity contribution >= 4 is 5.91 Å². The van der Waals surface area contributed by atoms with E-state index < -0.39 is 0 Å². The molecule has 18 heavy (non-hydrogen) atoms. The van der Waals surface area contributed by atoms with E-state index in [1.165, 1.54) is 11.1 Å². The summed E-state index contributed by atoms with van der Waals surface area (Å²) in [6, 6.07) is 8.66. The van der Waals surface area contributed by atoms with Crippen molar-refractivity contribution in [3.63, 3.8) is 0 Å². The average molecular weight is 246 g/mol. The number of benzene rings is 1.